The van der Waals surface area contributed by atoms with E-state index in [1.807, 2.05) is 11.8 Å². The zero-order valence-corrected chi connectivity index (χ0v) is 12.3. The maximum Gasteiger partial charge on any atom is 0.242 e. The quantitative estimate of drug-likeness (QED) is 0.826. The second-order valence-corrected chi connectivity index (χ2v) is 6.36. The van der Waals surface area contributed by atoms with Gasteiger partial charge in [-0.25, -0.2) is 0 Å². The van der Waals surface area contributed by atoms with Gasteiger partial charge >= 0.3 is 0 Å². The molecule has 3 heterocycles. The van der Waals surface area contributed by atoms with Crippen molar-refractivity contribution in [2.45, 2.75) is 63.6 Å². The summed E-state index contributed by atoms with van der Waals surface area (Å²) in [7, 11) is 0. The van der Waals surface area contributed by atoms with Gasteiger partial charge in [-0.15, -0.1) is 0 Å². The van der Waals surface area contributed by atoms with E-state index in [1.165, 1.54) is 12.8 Å². The Bertz CT molecular complexity index is 387. The van der Waals surface area contributed by atoms with Gasteiger partial charge < -0.3 is 15.1 Å². The van der Waals surface area contributed by atoms with Crippen molar-refractivity contribution in [1.29, 1.82) is 0 Å². The Balaban J connectivity index is 1.60. The molecule has 0 spiro atoms. The van der Waals surface area contributed by atoms with Crippen molar-refractivity contribution in [1.82, 2.24) is 15.1 Å². The largest absolute Gasteiger partial charge is 0.338 e. The molecule has 3 saturated heterocycles. The van der Waals surface area contributed by atoms with Gasteiger partial charge in [0.25, 0.3) is 0 Å². The lowest BCUT2D eigenvalue weighted by Gasteiger charge is -2.38. The van der Waals surface area contributed by atoms with Crippen LogP contribution in [0, 0.1) is 0 Å². The molecule has 3 aliphatic rings. The van der Waals surface area contributed by atoms with Crippen molar-refractivity contribution in [2.75, 3.05) is 19.6 Å². The highest BCUT2D eigenvalue weighted by molar-refractivity contribution is 5.86. The molecule has 0 radical (unpaired) electrons. The van der Waals surface area contributed by atoms with Crippen molar-refractivity contribution in [2.24, 2.45) is 0 Å². The molecule has 3 fully saturated rings. The molecular weight excluding hydrogens is 254 g/mol. The van der Waals surface area contributed by atoms with Gasteiger partial charge in [0.05, 0.1) is 6.54 Å². The average molecular weight is 279 g/mol. The summed E-state index contributed by atoms with van der Waals surface area (Å²) in [5.74, 6) is 0.272. The fourth-order valence-corrected chi connectivity index (χ4v) is 4.05. The molecule has 2 unspecified atom stereocenters. The second-order valence-electron chi connectivity index (χ2n) is 6.36. The molecule has 112 valence electrons. The Labute approximate surface area is 120 Å². The Morgan fingerprint density at radius 2 is 2.05 bits per heavy atom. The van der Waals surface area contributed by atoms with Crippen LogP contribution in [0.4, 0.5) is 0 Å². The third-order valence-corrected chi connectivity index (χ3v) is 5.05. The number of likely N-dealkylation sites (tertiary alicyclic amines) is 1. The zero-order valence-electron chi connectivity index (χ0n) is 12.3. The van der Waals surface area contributed by atoms with E-state index in [-0.39, 0.29) is 18.4 Å². The molecule has 2 atom stereocenters. The van der Waals surface area contributed by atoms with E-state index >= 15 is 0 Å². The normalized spacial score (nSPS) is 32.8. The Kier molecular flexibility index (Phi) is 3.96. The summed E-state index contributed by atoms with van der Waals surface area (Å²) in [5.41, 5.74) is 0. The lowest BCUT2D eigenvalue weighted by atomic mass is 9.98. The molecule has 3 aliphatic heterocycles. The van der Waals surface area contributed by atoms with E-state index < -0.39 is 0 Å². The smallest absolute Gasteiger partial charge is 0.242 e. The van der Waals surface area contributed by atoms with E-state index in [2.05, 4.69) is 5.32 Å². The van der Waals surface area contributed by atoms with Gasteiger partial charge in [-0.3, -0.25) is 9.59 Å². The minimum absolute atomic E-state index is 0.133. The number of amides is 2. The van der Waals surface area contributed by atoms with Crippen LogP contribution < -0.4 is 5.32 Å². The number of carbonyl (C=O) groups is 2. The second kappa shape index (κ2) is 5.72. The van der Waals surface area contributed by atoms with Crippen LogP contribution in [0.3, 0.4) is 0 Å². The number of nitrogens with one attached hydrogen (secondary N) is 1. The van der Waals surface area contributed by atoms with Gasteiger partial charge in [0.2, 0.25) is 11.8 Å². The van der Waals surface area contributed by atoms with E-state index in [9.17, 15) is 9.59 Å². The Morgan fingerprint density at radius 1 is 1.35 bits per heavy atom. The third kappa shape index (κ3) is 2.68. The van der Waals surface area contributed by atoms with E-state index in [1.54, 1.807) is 4.90 Å². The molecule has 2 bridgehead atoms. The highest BCUT2D eigenvalue weighted by Gasteiger charge is 2.37. The molecule has 5 heteroatoms. The van der Waals surface area contributed by atoms with Crippen LogP contribution in [0.5, 0.6) is 0 Å². The van der Waals surface area contributed by atoms with Crippen molar-refractivity contribution in [3.05, 3.63) is 0 Å². The Morgan fingerprint density at radius 3 is 2.60 bits per heavy atom. The summed E-state index contributed by atoms with van der Waals surface area (Å²) in [4.78, 5) is 27.9. The molecule has 3 rings (SSSR count). The van der Waals surface area contributed by atoms with E-state index in [0.717, 1.165) is 32.4 Å². The first kappa shape index (κ1) is 13.9. The molecule has 0 aromatic carbocycles. The summed E-state index contributed by atoms with van der Waals surface area (Å²) in [6, 6.07) is 1.55. The van der Waals surface area contributed by atoms with Crippen LogP contribution in [-0.2, 0) is 9.59 Å². The van der Waals surface area contributed by atoms with Gasteiger partial charge in [0, 0.05) is 37.6 Å². The first-order valence-corrected chi connectivity index (χ1v) is 8.00. The van der Waals surface area contributed by atoms with Crippen molar-refractivity contribution >= 4 is 11.8 Å². The van der Waals surface area contributed by atoms with Gasteiger partial charge in [-0.1, -0.05) is 0 Å². The predicted octanol–water partition coefficient (Wildman–Crippen LogP) is 0.740. The van der Waals surface area contributed by atoms with Gasteiger partial charge in [-0.05, 0) is 39.0 Å². The number of hydrogen-bond acceptors (Lipinski definition) is 3. The SMILES string of the molecule is CCN(C(=O)CN1CCCC1=O)C1CC2CCC(C1)N2. The highest BCUT2D eigenvalue weighted by Crippen LogP contribution is 2.29. The number of rotatable bonds is 4. The maximum atomic E-state index is 12.5. The standard InChI is InChI=1S/C15H25N3O2/c1-2-18(13-8-11-5-6-12(9-13)16-11)15(20)10-17-7-3-4-14(17)19/h11-13,16H,2-10H2,1H3. The summed E-state index contributed by atoms with van der Waals surface area (Å²) in [6.07, 6.45) is 6.15. The lowest BCUT2D eigenvalue weighted by molar-refractivity contribution is -0.140. The molecule has 0 aliphatic carbocycles. The fraction of sp³-hybridized carbons (Fsp3) is 0.867. The zero-order chi connectivity index (χ0) is 14.1. The summed E-state index contributed by atoms with van der Waals surface area (Å²) >= 11 is 0. The molecule has 0 aromatic rings. The van der Waals surface area contributed by atoms with Gasteiger partial charge in [0.1, 0.15) is 0 Å². The summed E-state index contributed by atoms with van der Waals surface area (Å²) < 4.78 is 0. The molecule has 0 aromatic heterocycles. The molecular formula is C15H25N3O2. The van der Waals surface area contributed by atoms with Crippen LogP contribution in [0.1, 0.15) is 45.4 Å². The van der Waals surface area contributed by atoms with Crippen LogP contribution >= 0.6 is 0 Å². The molecule has 2 amide bonds. The van der Waals surface area contributed by atoms with Gasteiger partial charge in [0.15, 0.2) is 0 Å². The van der Waals surface area contributed by atoms with Crippen molar-refractivity contribution in [3.63, 3.8) is 0 Å². The average Bonchev–Trinajstić information content (AvgIpc) is 2.97. The molecule has 20 heavy (non-hydrogen) atoms. The molecule has 1 N–H and O–H groups in total. The van der Waals surface area contributed by atoms with Crippen LogP contribution in [0.15, 0.2) is 0 Å². The summed E-state index contributed by atoms with van der Waals surface area (Å²) in [6.45, 7) is 3.84. The first-order valence-electron chi connectivity index (χ1n) is 8.00. The monoisotopic (exact) mass is 279 g/mol. The van der Waals surface area contributed by atoms with Gasteiger partial charge in [-0.2, -0.15) is 0 Å². The van der Waals surface area contributed by atoms with E-state index in [4.69, 9.17) is 0 Å². The molecule has 0 saturated carbocycles. The minimum atomic E-state index is 0.133. The fourth-order valence-electron chi connectivity index (χ4n) is 4.05. The number of likely N-dealkylation sites (N-methyl/N-ethyl adjacent to an activating group) is 1. The summed E-state index contributed by atoms with van der Waals surface area (Å²) in [5, 5.41) is 3.62. The lowest BCUT2D eigenvalue weighted by Crippen LogP contribution is -2.52. The number of carbonyl (C=O) groups excluding carboxylic acids is 2. The third-order valence-electron chi connectivity index (χ3n) is 5.05. The highest BCUT2D eigenvalue weighted by atomic mass is 16.2. The van der Waals surface area contributed by atoms with E-state index in [0.29, 0.717) is 24.5 Å². The minimum Gasteiger partial charge on any atom is -0.338 e. The Hall–Kier alpha value is -1.10. The predicted molar refractivity (Wildman–Crippen MR) is 76.2 cm³/mol. The van der Waals surface area contributed by atoms with Crippen LogP contribution in [-0.4, -0.2) is 59.4 Å². The maximum absolute atomic E-state index is 12.5. The number of fused-ring (bicyclic) bond motifs is 2. The van der Waals surface area contributed by atoms with Crippen molar-refractivity contribution in [3.8, 4) is 0 Å². The topological polar surface area (TPSA) is 52.7 Å². The van der Waals surface area contributed by atoms with Crippen molar-refractivity contribution < 1.29 is 9.59 Å². The molecule has 5 nitrogen and oxygen atoms in total. The number of nitrogens with zero attached hydrogens (tertiary/aromatic N) is 2. The van der Waals surface area contributed by atoms with Crippen LogP contribution in [0.25, 0.3) is 0 Å². The van der Waals surface area contributed by atoms with Crippen LogP contribution in [0.2, 0.25) is 0 Å². The number of piperidine rings is 1. The first-order chi connectivity index (χ1) is 9.67. The number of hydrogen-bond donors (Lipinski definition) is 1.